The van der Waals surface area contributed by atoms with Crippen LogP contribution in [0.1, 0.15) is 24.2 Å². The lowest BCUT2D eigenvalue weighted by Gasteiger charge is -2.24. The first-order valence-electron chi connectivity index (χ1n) is 6.97. The number of nitrogens with two attached hydrogens (primary N) is 1. The van der Waals surface area contributed by atoms with Crippen molar-refractivity contribution in [1.29, 1.82) is 0 Å². The maximum atomic E-state index is 12.8. The van der Waals surface area contributed by atoms with Crippen molar-refractivity contribution >= 4 is 34.0 Å². The number of rotatable bonds is 5. The first kappa shape index (κ1) is 15.4. The lowest BCUT2D eigenvalue weighted by Crippen LogP contribution is -2.38. The Bertz CT molecular complexity index is 666. The van der Waals surface area contributed by atoms with Gasteiger partial charge < -0.3 is 10.6 Å². The van der Waals surface area contributed by atoms with Crippen LogP contribution in [0.2, 0.25) is 0 Å². The quantitative estimate of drug-likeness (QED) is 0.863. The van der Waals surface area contributed by atoms with E-state index in [-0.39, 0.29) is 11.8 Å². The van der Waals surface area contributed by atoms with Crippen molar-refractivity contribution in [2.75, 3.05) is 13.1 Å². The molecule has 0 bridgehead atoms. The van der Waals surface area contributed by atoms with Crippen LogP contribution < -0.4 is 5.73 Å². The fourth-order valence-corrected chi connectivity index (χ4v) is 2.30. The molecule has 2 N–H and O–H groups in total. The second-order valence-corrected chi connectivity index (χ2v) is 5.49. The van der Waals surface area contributed by atoms with Crippen molar-refractivity contribution in [2.24, 2.45) is 11.7 Å². The number of benzene rings is 1. The van der Waals surface area contributed by atoms with Gasteiger partial charge in [0, 0.05) is 30.6 Å². The summed E-state index contributed by atoms with van der Waals surface area (Å²) in [5.41, 5.74) is 7.14. The van der Waals surface area contributed by atoms with Crippen molar-refractivity contribution in [3.05, 3.63) is 42.1 Å². The van der Waals surface area contributed by atoms with E-state index in [4.69, 9.17) is 18.0 Å². The topological polar surface area (TPSA) is 59.2 Å². The zero-order valence-corrected chi connectivity index (χ0v) is 13.1. The average Bonchev–Trinajstić information content (AvgIpc) is 2.51. The first-order chi connectivity index (χ1) is 10.0. The molecule has 1 unspecified atom stereocenters. The van der Waals surface area contributed by atoms with Crippen molar-refractivity contribution in [2.45, 2.75) is 13.8 Å². The summed E-state index contributed by atoms with van der Waals surface area (Å²) in [6, 6.07) is 9.41. The predicted octanol–water partition coefficient (Wildman–Crippen LogP) is 2.62. The molecule has 2 aromatic rings. The minimum atomic E-state index is -0.0146. The Morgan fingerprint density at radius 2 is 2.10 bits per heavy atom. The van der Waals surface area contributed by atoms with Gasteiger partial charge in [0.15, 0.2) is 0 Å². The zero-order valence-electron chi connectivity index (χ0n) is 12.2. The largest absolute Gasteiger partial charge is 0.393 e. The smallest absolute Gasteiger partial charge is 0.254 e. The number of aromatic nitrogens is 1. The molecule has 0 spiro atoms. The number of nitrogens with zero attached hydrogens (tertiary/aromatic N) is 2. The number of hydrogen-bond donors (Lipinski definition) is 1. The summed E-state index contributed by atoms with van der Waals surface area (Å²) in [5.74, 6) is -0.0174. The molecule has 0 fully saturated rings. The number of amides is 1. The average molecular weight is 301 g/mol. The molecule has 0 saturated heterocycles. The highest BCUT2D eigenvalue weighted by atomic mass is 32.1. The summed E-state index contributed by atoms with van der Waals surface area (Å²) in [7, 11) is 0. The Kier molecular flexibility index (Phi) is 4.85. The number of carbonyl (C=O) groups is 1. The number of pyridine rings is 1. The Balaban J connectivity index is 2.34. The normalized spacial score (nSPS) is 12.1. The van der Waals surface area contributed by atoms with Gasteiger partial charge in [-0.2, -0.15) is 0 Å². The van der Waals surface area contributed by atoms with E-state index in [9.17, 15) is 4.79 Å². The van der Waals surface area contributed by atoms with Crippen LogP contribution in [-0.4, -0.2) is 33.9 Å². The fraction of sp³-hybridized carbons (Fsp3) is 0.312. The van der Waals surface area contributed by atoms with E-state index in [0.717, 1.165) is 10.9 Å². The molecule has 4 nitrogen and oxygen atoms in total. The second kappa shape index (κ2) is 6.63. The Morgan fingerprint density at radius 1 is 1.38 bits per heavy atom. The third kappa shape index (κ3) is 3.36. The minimum Gasteiger partial charge on any atom is -0.393 e. The predicted molar refractivity (Wildman–Crippen MR) is 89.3 cm³/mol. The number of carbonyl (C=O) groups excluding carboxylic acids is 1. The number of para-hydroxylation sites is 1. The van der Waals surface area contributed by atoms with Gasteiger partial charge in [0.25, 0.3) is 5.91 Å². The SMILES string of the molecule is CCN(CC(C)C(N)=S)C(=O)c1ccnc2ccccc12. The standard InChI is InChI=1S/C16H19N3OS/c1-3-19(10-11(2)15(17)21)16(20)13-8-9-18-14-7-5-4-6-12(13)14/h4-9,11H,3,10H2,1-2H3,(H2,17,21). The van der Waals surface area contributed by atoms with Crippen LogP contribution in [0, 0.1) is 5.92 Å². The molecule has 1 atom stereocenters. The van der Waals surface area contributed by atoms with Crippen LogP contribution in [0.3, 0.4) is 0 Å². The minimum absolute atomic E-state index is 0.00278. The van der Waals surface area contributed by atoms with Crippen LogP contribution >= 0.6 is 12.2 Å². The van der Waals surface area contributed by atoms with Gasteiger partial charge >= 0.3 is 0 Å². The van der Waals surface area contributed by atoms with E-state index >= 15 is 0 Å². The third-order valence-corrected chi connectivity index (χ3v) is 3.93. The van der Waals surface area contributed by atoms with Crippen molar-refractivity contribution in [3.8, 4) is 0 Å². The van der Waals surface area contributed by atoms with Crippen LogP contribution in [0.5, 0.6) is 0 Å². The Labute approximate surface area is 130 Å². The zero-order chi connectivity index (χ0) is 15.4. The molecule has 0 aliphatic carbocycles. The lowest BCUT2D eigenvalue weighted by atomic mass is 10.1. The van der Waals surface area contributed by atoms with Gasteiger partial charge in [-0.1, -0.05) is 37.3 Å². The van der Waals surface area contributed by atoms with Gasteiger partial charge in [-0.05, 0) is 19.1 Å². The monoisotopic (exact) mass is 301 g/mol. The molecule has 0 radical (unpaired) electrons. The number of hydrogen-bond acceptors (Lipinski definition) is 3. The Hall–Kier alpha value is -2.01. The second-order valence-electron chi connectivity index (χ2n) is 5.02. The summed E-state index contributed by atoms with van der Waals surface area (Å²) < 4.78 is 0. The molecule has 1 amide bonds. The van der Waals surface area contributed by atoms with Crippen molar-refractivity contribution in [1.82, 2.24) is 9.88 Å². The fourth-order valence-electron chi connectivity index (χ4n) is 2.23. The maximum absolute atomic E-state index is 12.8. The molecule has 110 valence electrons. The highest BCUT2D eigenvalue weighted by molar-refractivity contribution is 7.80. The molecule has 1 heterocycles. The Morgan fingerprint density at radius 3 is 2.76 bits per heavy atom. The molecule has 0 aliphatic rings. The third-order valence-electron chi connectivity index (χ3n) is 3.53. The van der Waals surface area contributed by atoms with Gasteiger partial charge in [0.05, 0.1) is 16.1 Å². The number of fused-ring (bicyclic) bond motifs is 1. The van der Waals surface area contributed by atoms with Gasteiger partial charge in [-0.3, -0.25) is 9.78 Å². The molecule has 5 heteroatoms. The van der Waals surface area contributed by atoms with E-state index in [0.29, 0.717) is 23.6 Å². The van der Waals surface area contributed by atoms with Crippen LogP contribution in [0.25, 0.3) is 10.9 Å². The summed E-state index contributed by atoms with van der Waals surface area (Å²) in [4.78, 5) is 19.2. The molecular formula is C16H19N3OS. The summed E-state index contributed by atoms with van der Waals surface area (Å²) in [6.07, 6.45) is 1.67. The maximum Gasteiger partial charge on any atom is 0.254 e. The highest BCUT2D eigenvalue weighted by Crippen LogP contribution is 2.18. The number of thiocarbonyl (C=S) groups is 1. The molecule has 1 aromatic heterocycles. The molecule has 1 aromatic carbocycles. The highest BCUT2D eigenvalue weighted by Gasteiger charge is 2.19. The van der Waals surface area contributed by atoms with Crippen molar-refractivity contribution < 1.29 is 4.79 Å². The summed E-state index contributed by atoms with van der Waals surface area (Å²) >= 11 is 4.99. The van der Waals surface area contributed by atoms with Gasteiger partial charge in [-0.25, -0.2) is 0 Å². The van der Waals surface area contributed by atoms with Crippen LogP contribution in [-0.2, 0) is 0 Å². The lowest BCUT2D eigenvalue weighted by molar-refractivity contribution is 0.0757. The molecular weight excluding hydrogens is 282 g/mol. The van der Waals surface area contributed by atoms with E-state index in [2.05, 4.69) is 4.98 Å². The summed E-state index contributed by atoms with van der Waals surface area (Å²) in [6.45, 7) is 5.03. The van der Waals surface area contributed by atoms with E-state index in [1.54, 1.807) is 17.2 Å². The van der Waals surface area contributed by atoms with Gasteiger partial charge in [0.2, 0.25) is 0 Å². The molecule has 0 aliphatic heterocycles. The van der Waals surface area contributed by atoms with E-state index in [1.165, 1.54) is 0 Å². The van der Waals surface area contributed by atoms with E-state index in [1.807, 2.05) is 38.1 Å². The first-order valence-corrected chi connectivity index (χ1v) is 7.37. The molecule has 2 rings (SSSR count). The van der Waals surface area contributed by atoms with Gasteiger partial charge in [0.1, 0.15) is 0 Å². The van der Waals surface area contributed by atoms with Gasteiger partial charge in [-0.15, -0.1) is 0 Å². The van der Waals surface area contributed by atoms with E-state index < -0.39 is 0 Å². The molecule has 0 saturated carbocycles. The van der Waals surface area contributed by atoms with Crippen LogP contribution in [0.15, 0.2) is 36.5 Å². The van der Waals surface area contributed by atoms with Crippen LogP contribution in [0.4, 0.5) is 0 Å². The van der Waals surface area contributed by atoms with Crippen molar-refractivity contribution in [3.63, 3.8) is 0 Å². The molecule has 21 heavy (non-hydrogen) atoms. The summed E-state index contributed by atoms with van der Waals surface area (Å²) in [5, 5.41) is 0.867.